The van der Waals surface area contributed by atoms with E-state index >= 15 is 0 Å². The summed E-state index contributed by atoms with van der Waals surface area (Å²) in [6, 6.07) is 1.53. The first-order valence-electron chi connectivity index (χ1n) is 5.62. The zero-order chi connectivity index (χ0) is 11.4. The van der Waals surface area contributed by atoms with Crippen LogP contribution in [0.3, 0.4) is 0 Å². The fourth-order valence-corrected chi connectivity index (χ4v) is 1.95. The van der Waals surface area contributed by atoms with Crippen LogP contribution in [0.4, 0.5) is 0 Å². The Kier molecular flexibility index (Phi) is 3.69. The van der Waals surface area contributed by atoms with Gasteiger partial charge in [-0.05, 0) is 19.9 Å². The summed E-state index contributed by atoms with van der Waals surface area (Å²) in [5.74, 6) is 0.996. The van der Waals surface area contributed by atoms with E-state index in [1.165, 1.54) is 6.07 Å². The number of H-pyrrole nitrogens is 1. The van der Waals surface area contributed by atoms with Gasteiger partial charge in [-0.3, -0.25) is 4.79 Å². The summed E-state index contributed by atoms with van der Waals surface area (Å²) in [5, 5.41) is 2.99. The molecule has 1 aliphatic rings. The average Bonchev–Trinajstić information content (AvgIpc) is 2.30. The third-order valence-electron chi connectivity index (χ3n) is 2.72. The molecule has 1 atom stereocenters. The van der Waals surface area contributed by atoms with Gasteiger partial charge in [-0.15, -0.1) is 0 Å². The van der Waals surface area contributed by atoms with Crippen molar-refractivity contribution in [1.29, 1.82) is 0 Å². The number of nitrogens with one attached hydrogen (secondary N) is 2. The first kappa shape index (κ1) is 11.3. The monoisotopic (exact) mass is 223 g/mol. The average molecular weight is 223 g/mol. The van der Waals surface area contributed by atoms with Crippen molar-refractivity contribution >= 4 is 0 Å². The lowest BCUT2D eigenvalue weighted by molar-refractivity contribution is 0.0779. The molecule has 0 aliphatic carbocycles. The quantitative estimate of drug-likeness (QED) is 0.777. The van der Waals surface area contributed by atoms with Gasteiger partial charge < -0.3 is 15.0 Å². The molecule has 2 N–H and O–H groups in total. The lowest BCUT2D eigenvalue weighted by Crippen LogP contribution is -2.23. The van der Waals surface area contributed by atoms with Gasteiger partial charge in [0.1, 0.15) is 5.82 Å². The summed E-state index contributed by atoms with van der Waals surface area (Å²) in [6.07, 6.45) is 2.07. The van der Waals surface area contributed by atoms with E-state index in [4.69, 9.17) is 4.74 Å². The van der Waals surface area contributed by atoms with Crippen LogP contribution in [-0.4, -0.2) is 30.2 Å². The lowest BCUT2D eigenvalue weighted by atomic mass is 10.0. The first-order valence-corrected chi connectivity index (χ1v) is 5.62. The Morgan fingerprint density at radius 1 is 1.69 bits per heavy atom. The molecule has 2 heterocycles. The molecule has 88 valence electrons. The van der Waals surface area contributed by atoms with Crippen LogP contribution in [0.15, 0.2) is 10.9 Å². The molecule has 1 aromatic rings. The second-order valence-electron chi connectivity index (χ2n) is 4.07. The van der Waals surface area contributed by atoms with Crippen LogP contribution in [0, 0.1) is 0 Å². The van der Waals surface area contributed by atoms with Gasteiger partial charge in [0.05, 0.1) is 12.3 Å². The largest absolute Gasteiger partial charge is 0.381 e. The summed E-state index contributed by atoms with van der Waals surface area (Å²) in [6.45, 7) is 2.09. The molecule has 2 rings (SSSR count). The zero-order valence-electron chi connectivity index (χ0n) is 9.45. The molecule has 0 saturated carbocycles. The van der Waals surface area contributed by atoms with Crippen molar-refractivity contribution < 1.29 is 4.74 Å². The third kappa shape index (κ3) is 2.68. The van der Waals surface area contributed by atoms with E-state index in [0.29, 0.717) is 13.2 Å². The van der Waals surface area contributed by atoms with Crippen LogP contribution < -0.4 is 10.9 Å². The Labute approximate surface area is 94.2 Å². The highest BCUT2D eigenvalue weighted by atomic mass is 16.5. The summed E-state index contributed by atoms with van der Waals surface area (Å²) >= 11 is 0. The predicted octanol–water partition coefficient (Wildman–Crippen LogP) is 0.383. The van der Waals surface area contributed by atoms with Crippen LogP contribution in [0.5, 0.6) is 0 Å². The van der Waals surface area contributed by atoms with Crippen molar-refractivity contribution in [1.82, 2.24) is 15.3 Å². The first-order chi connectivity index (χ1) is 7.79. The molecule has 1 fully saturated rings. The number of rotatable bonds is 3. The fraction of sp³-hybridized carbons (Fsp3) is 0.636. The van der Waals surface area contributed by atoms with E-state index in [-0.39, 0.29) is 11.5 Å². The zero-order valence-corrected chi connectivity index (χ0v) is 9.45. The van der Waals surface area contributed by atoms with E-state index in [0.717, 1.165) is 31.0 Å². The Hall–Kier alpha value is -1.20. The summed E-state index contributed by atoms with van der Waals surface area (Å²) < 4.78 is 5.40. The van der Waals surface area contributed by atoms with Crippen LogP contribution in [0.25, 0.3) is 0 Å². The fourth-order valence-electron chi connectivity index (χ4n) is 1.95. The highest BCUT2D eigenvalue weighted by molar-refractivity contribution is 5.06. The van der Waals surface area contributed by atoms with Gasteiger partial charge in [0.15, 0.2) is 0 Å². The molecule has 1 aliphatic heterocycles. The van der Waals surface area contributed by atoms with Crippen LogP contribution >= 0.6 is 0 Å². The number of aromatic amines is 1. The van der Waals surface area contributed by atoms with E-state index in [1.807, 2.05) is 7.05 Å². The molecule has 1 aromatic heterocycles. The van der Waals surface area contributed by atoms with Gasteiger partial charge in [-0.1, -0.05) is 0 Å². The van der Waals surface area contributed by atoms with Gasteiger partial charge in [-0.2, -0.15) is 0 Å². The molecule has 0 bridgehead atoms. The summed E-state index contributed by atoms with van der Waals surface area (Å²) in [5.41, 5.74) is 0.702. The molecule has 0 aromatic carbocycles. The Morgan fingerprint density at radius 2 is 2.56 bits per heavy atom. The SMILES string of the molecule is CNCc1cc(=O)[nH]c(C2CCCOC2)n1. The molecular formula is C11H17N3O2. The molecular weight excluding hydrogens is 206 g/mol. The van der Waals surface area contributed by atoms with Gasteiger partial charge in [0.25, 0.3) is 5.56 Å². The second-order valence-corrected chi connectivity index (χ2v) is 4.07. The Bertz CT molecular complexity index is 396. The van der Waals surface area contributed by atoms with Gasteiger partial charge in [0, 0.05) is 25.1 Å². The maximum atomic E-state index is 11.5. The predicted molar refractivity (Wildman–Crippen MR) is 60.4 cm³/mol. The van der Waals surface area contributed by atoms with E-state index in [1.54, 1.807) is 0 Å². The van der Waals surface area contributed by atoms with E-state index in [2.05, 4.69) is 15.3 Å². The van der Waals surface area contributed by atoms with Crippen LogP contribution in [0.2, 0.25) is 0 Å². The topological polar surface area (TPSA) is 67.0 Å². The normalized spacial score (nSPS) is 20.9. The number of aromatic nitrogens is 2. The molecule has 0 radical (unpaired) electrons. The number of hydrogen-bond acceptors (Lipinski definition) is 4. The summed E-state index contributed by atoms with van der Waals surface area (Å²) in [4.78, 5) is 18.7. The van der Waals surface area contributed by atoms with Gasteiger partial charge in [0.2, 0.25) is 0 Å². The molecule has 0 amide bonds. The van der Waals surface area contributed by atoms with Gasteiger partial charge >= 0.3 is 0 Å². The minimum absolute atomic E-state index is 0.0826. The minimum Gasteiger partial charge on any atom is -0.381 e. The summed E-state index contributed by atoms with van der Waals surface area (Å²) in [7, 11) is 1.84. The van der Waals surface area contributed by atoms with Crippen molar-refractivity contribution in [3.05, 3.63) is 27.9 Å². The smallest absolute Gasteiger partial charge is 0.251 e. The molecule has 0 spiro atoms. The number of ether oxygens (including phenoxy) is 1. The highest BCUT2D eigenvalue weighted by Crippen LogP contribution is 2.21. The van der Waals surface area contributed by atoms with Crippen molar-refractivity contribution in [2.75, 3.05) is 20.3 Å². The van der Waals surface area contributed by atoms with Crippen molar-refractivity contribution in [2.24, 2.45) is 0 Å². The lowest BCUT2D eigenvalue weighted by Gasteiger charge is -2.21. The standard InChI is InChI=1S/C11H17N3O2/c1-12-6-9-5-10(15)14-11(13-9)8-3-2-4-16-7-8/h5,8,12H,2-4,6-7H2,1H3,(H,13,14,15). The number of hydrogen-bond donors (Lipinski definition) is 2. The van der Waals surface area contributed by atoms with Crippen molar-refractivity contribution in [2.45, 2.75) is 25.3 Å². The molecule has 5 heteroatoms. The molecule has 1 unspecified atom stereocenters. The van der Waals surface area contributed by atoms with E-state index < -0.39 is 0 Å². The number of nitrogens with zero attached hydrogens (tertiary/aromatic N) is 1. The Balaban J connectivity index is 2.21. The highest BCUT2D eigenvalue weighted by Gasteiger charge is 2.18. The minimum atomic E-state index is -0.0826. The maximum absolute atomic E-state index is 11.5. The Morgan fingerprint density at radius 3 is 3.25 bits per heavy atom. The van der Waals surface area contributed by atoms with Crippen molar-refractivity contribution in [3.8, 4) is 0 Å². The third-order valence-corrected chi connectivity index (χ3v) is 2.72. The molecule has 16 heavy (non-hydrogen) atoms. The van der Waals surface area contributed by atoms with E-state index in [9.17, 15) is 4.79 Å². The maximum Gasteiger partial charge on any atom is 0.251 e. The molecule has 1 saturated heterocycles. The van der Waals surface area contributed by atoms with Crippen LogP contribution in [-0.2, 0) is 11.3 Å². The second kappa shape index (κ2) is 5.23. The van der Waals surface area contributed by atoms with Crippen LogP contribution in [0.1, 0.15) is 30.3 Å². The molecule has 5 nitrogen and oxygen atoms in total. The van der Waals surface area contributed by atoms with Crippen molar-refractivity contribution in [3.63, 3.8) is 0 Å². The van der Waals surface area contributed by atoms with Gasteiger partial charge in [-0.25, -0.2) is 4.98 Å².